The third-order valence-corrected chi connectivity index (χ3v) is 3.20. The highest BCUT2D eigenvalue weighted by molar-refractivity contribution is 5.96. The van der Waals surface area contributed by atoms with Gasteiger partial charge in [-0.05, 0) is 30.5 Å². The first-order chi connectivity index (χ1) is 9.54. The Bertz CT molecular complexity index is 654. The van der Waals surface area contributed by atoms with E-state index in [2.05, 4.69) is 17.2 Å². The highest BCUT2D eigenvalue weighted by Crippen LogP contribution is 2.28. The summed E-state index contributed by atoms with van der Waals surface area (Å²) in [5.74, 6) is -0.692. The zero-order chi connectivity index (χ0) is 14.7. The van der Waals surface area contributed by atoms with E-state index >= 15 is 0 Å². The molecule has 0 radical (unpaired) electrons. The van der Waals surface area contributed by atoms with Crippen molar-refractivity contribution < 1.29 is 9.90 Å². The molecule has 0 aliphatic heterocycles. The van der Waals surface area contributed by atoms with Crippen LogP contribution in [0.3, 0.4) is 0 Å². The van der Waals surface area contributed by atoms with E-state index in [9.17, 15) is 4.79 Å². The number of para-hydroxylation sites is 1. The number of carboxylic acids is 1. The third kappa shape index (κ3) is 2.56. The van der Waals surface area contributed by atoms with E-state index in [-0.39, 0.29) is 11.3 Å². The predicted molar refractivity (Wildman–Crippen MR) is 79.4 cm³/mol. The summed E-state index contributed by atoms with van der Waals surface area (Å²) in [6.45, 7) is 4.04. The van der Waals surface area contributed by atoms with Crippen molar-refractivity contribution in [1.82, 2.24) is 4.98 Å². The van der Waals surface area contributed by atoms with Crippen molar-refractivity contribution in [1.29, 1.82) is 0 Å². The molecular formula is C15H17N3O2. The van der Waals surface area contributed by atoms with Gasteiger partial charge in [-0.25, -0.2) is 9.78 Å². The average molecular weight is 271 g/mol. The number of carboxylic acid groups (broad SMARTS) is 1. The summed E-state index contributed by atoms with van der Waals surface area (Å²) >= 11 is 0. The van der Waals surface area contributed by atoms with E-state index in [4.69, 9.17) is 10.8 Å². The van der Waals surface area contributed by atoms with Crippen LogP contribution in [-0.2, 0) is 6.42 Å². The number of rotatable bonds is 4. The van der Waals surface area contributed by atoms with E-state index < -0.39 is 5.97 Å². The van der Waals surface area contributed by atoms with E-state index in [0.717, 1.165) is 23.2 Å². The van der Waals surface area contributed by atoms with Crippen LogP contribution in [0.1, 0.15) is 28.4 Å². The van der Waals surface area contributed by atoms with Crippen molar-refractivity contribution in [2.75, 3.05) is 11.1 Å². The maximum atomic E-state index is 11.1. The smallest absolute Gasteiger partial charge is 0.337 e. The summed E-state index contributed by atoms with van der Waals surface area (Å²) in [6, 6.07) is 7.39. The van der Waals surface area contributed by atoms with Crippen LogP contribution in [0.5, 0.6) is 0 Å². The number of hydrogen-bond donors (Lipinski definition) is 3. The van der Waals surface area contributed by atoms with Crippen LogP contribution >= 0.6 is 0 Å². The highest BCUT2D eigenvalue weighted by atomic mass is 16.4. The molecule has 0 unspecified atom stereocenters. The number of aryl methyl sites for hydroxylation is 2. The lowest BCUT2D eigenvalue weighted by molar-refractivity contribution is 0.0698. The summed E-state index contributed by atoms with van der Waals surface area (Å²) in [6.07, 6.45) is 2.30. The molecule has 0 bridgehead atoms. The molecule has 1 aromatic heterocycles. The normalized spacial score (nSPS) is 10.3. The van der Waals surface area contributed by atoms with Crippen molar-refractivity contribution >= 4 is 23.2 Å². The number of carbonyl (C=O) groups is 1. The number of aromatic nitrogens is 1. The molecule has 0 saturated heterocycles. The molecule has 4 N–H and O–H groups in total. The average Bonchev–Trinajstić information content (AvgIpc) is 2.42. The van der Waals surface area contributed by atoms with Crippen molar-refractivity contribution in [3.63, 3.8) is 0 Å². The summed E-state index contributed by atoms with van der Waals surface area (Å²) in [5.41, 5.74) is 9.18. The maximum absolute atomic E-state index is 11.1. The molecule has 0 aliphatic carbocycles. The van der Waals surface area contributed by atoms with Crippen molar-refractivity contribution in [2.24, 2.45) is 0 Å². The predicted octanol–water partition coefficient (Wildman–Crippen LogP) is 2.98. The van der Waals surface area contributed by atoms with Gasteiger partial charge >= 0.3 is 5.97 Å². The quantitative estimate of drug-likeness (QED) is 0.795. The summed E-state index contributed by atoms with van der Waals surface area (Å²) < 4.78 is 0. The van der Waals surface area contributed by atoms with Gasteiger partial charge in [0, 0.05) is 11.9 Å². The van der Waals surface area contributed by atoms with Gasteiger partial charge in [-0.2, -0.15) is 0 Å². The SMILES string of the molecule is CCc1cccc(C)c1Nc1nccc(C(=O)O)c1N. The van der Waals surface area contributed by atoms with Crippen LogP contribution in [0.4, 0.5) is 17.2 Å². The zero-order valence-electron chi connectivity index (χ0n) is 11.5. The molecule has 20 heavy (non-hydrogen) atoms. The highest BCUT2D eigenvalue weighted by Gasteiger charge is 2.14. The molecule has 0 atom stereocenters. The van der Waals surface area contributed by atoms with E-state index in [1.807, 2.05) is 25.1 Å². The largest absolute Gasteiger partial charge is 0.478 e. The Morgan fingerprint density at radius 2 is 2.15 bits per heavy atom. The number of aromatic carboxylic acids is 1. The minimum atomic E-state index is -1.06. The molecule has 0 spiro atoms. The number of benzene rings is 1. The molecule has 5 nitrogen and oxygen atoms in total. The van der Waals surface area contributed by atoms with Crippen molar-refractivity contribution in [2.45, 2.75) is 20.3 Å². The Kier molecular flexibility index (Phi) is 3.89. The van der Waals surface area contributed by atoms with Gasteiger partial charge in [0.2, 0.25) is 0 Å². The fraction of sp³-hybridized carbons (Fsp3) is 0.200. The van der Waals surface area contributed by atoms with E-state index in [1.54, 1.807) is 0 Å². The molecule has 2 aromatic rings. The molecule has 5 heteroatoms. The van der Waals surface area contributed by atoms with Crippen LogP contribution in [0.15, 0.2) is 30.5 Å². The van der Waals surface area contributed by atoms with Gasteiger partial charge in [0.05, 0.1) is 11.3 Å². The van der Waals surface area contributed by atoms with Crippen LogP contribution in [0, 0.1) is 6.92 Å². The number of nitrogens with one attached hydrogen (secondary N) is 1. The van der Waals surface area contributed by atoms with Gasteiger partial charge in [-0.1, -0.05) is 25.1 Å². The van der Waals surface area contributed by atoms with Crippen molar-refractivity contribution in [3.8, 4) is 0 Å². The molecule has 0 saturated carbocycles. The monoisotopic (exact) mass is 271 g/mol. The van der Waals surface area contributed by atoms with Gasteiger partial charge in [0.1, 0.15) is 0 Å². The molecule has 104 valence electrons. The molecule has 0 aliphatic rings. The van der Waals surface area contributed by atoms with Gasteiger partial charge in [-0.15, -0.1) is 0 Å². The first kappa shape index (κ1) is 13.9. The minimum Gasteiger partial charge on any atom is -0.478 e. The summed E-state index contributed by atoms with van der Waals surface area (Å²) in [5, 5.41) is 12.2. The van der Waals surface area contributed by atoms with Gasteiger partial charge in [0.25, 0.3) is 0 Å². The number of nitrogens with two attached hydrogens (primary N) is 1. The molecule has 2 rings (SSSR count). The maximum Gasteiger partial charge on any atom is 0.337 e. The fourth-order valence-corrected chi connectivity index (χ4v) is 2.08. The molecule has 0 fully saturated rings. The number of nitrogens with zero attached hydrogens (tertiary/aromatic N) is 1. The number of hydrogen-bond acceptors (Lipinski definition) is 4. The standard InChI is InChI=1S/C15H17N3O2/c1-3-10-6-4-5-9(2)13(10)18-14-12(16)11(15(19)20)7-8-17-14/h4-8H,3,16H2,1-2H3,(H,17,18)(H,19,20). The molecular weight excluding hydrogens is 254 g/mol. The van der Waals surface area contributed by atoms with Crippen LogP contribution in [-0.4, -0.2) is 16.1 Å². The number of anilines is 3. The van der Waals surface area contributed by atoms with Gasteiger partial charge in [-0.3, -0.25) is 0 Å². The lowest BCUT2D eigenvalue weighted by Gasteiger charge is -2.15. The Labute approximate surface area is 117 Å². The zero-order valence-corrected chi connectivity index (χ0v) is 11.5. The first-order valence-corrected chi connectivity index (χ1v) is 6.37. The third-order valence-electron chi connectivity index (χ3n) is 3.20. The summed E-state index contributed by atoms with van der Waals surface area (Å²) in [4.78, 5) is 15.2. The van der Waals surface area contributed by atoms with Crippen LogP contribution < -0.4 is 11.1 Å². The topological polar surface area (TPSA) is 88.2 Å². The van der Waals surface area contributed by atoms with Crippen LogP contribution in [0.25, 0.3) is 0 Å². The van der Waals surface area contributed by atoms with Crippen LogP contribution in [0.2, 0.25) is 0 Å². The van der Waals surface area contributed by atoms with Gasteiger partial charge < -0.3 is 16.2 Å². The Hall–Kier alpha value is -2.56. The molecule has 1 aromatic carbocycles. The number of pyridine rings is 1. The molecule has 0 amide bonds. The summed E-state index contributed by atoms with van der Waals surface area (Å²) in [7, 11) is 0. The lowest BCUT2D eigenvalue weighted by atomic mass is 10.1. The second-order valence-corrected chi connectivity index (χ2v) is 4.51. The first-order valence-electron chi connectivity index (χ1n) is 6.37. The minimum absolute atomic E-state index is 0.0501. The molecule has 1 heterocycles. The van der Waals surface area contributed by atoms with Crippen molar-refractivity contribution in [3.05, 3.63) is 47.2 Å². The number of nitrogen functional groups attached to an aromatic ring is 1. The lowest BCUT2D eigenvalue weighted by Crippen LogP contribution is -2.08. The Balaban J connectivity index is 2.46. The van der Waals surface area contributed by atoms with E-state index in [1.165, 1.54) is 12.3 Å². The fourth-order valence-electron chi connectivity index (χ4n) is 2.08. The van der Waals surface area contributed by atoms with E-state index in [0.29, 0.717) is 5.82 Å². The Morgan fingerprint density at radius 1 is 1.40 bits per heavy atom. The second-order valence-electron chi connectivity index (χ2n) is 4.51. The second kappa shape index (κ2) is 5.61. The Morgan fingerprint density at radius 3 is 2.80 bits per heavy atom. The van der Waals surface area contributed by atoms with Gasteiger partial charge in [0.15, 0.2) is 5.82 Å².